The highest BCUT2D eigenvalue weighted by atomic mass is 32.2. The van der Waals surface area contributed by atoms with Gasteiger partial charge in [-0.3, -0.25) is 0 Å². The standard InChI is InChI=1S/C103H69NS2/c1-64-22-4-2-5-24-65(30-18-23-64)75-60-88(102-94(61-75)92-58-71(48-54-98(92)105-102)81-41-19-31-66-25-8-11-34-78(66)81)73-46-52-96-90(56-73)91-57-74(47-53-97(91)104(96)77-50-44-70(45-51-77)101-86-39-16-14-37-84(86)100(69-28-6-3-7-29-69)85-38-15-17-40-87(85)101)89-62-76(83-43-21-33-68-27-10-13-36-80(68)83)63-95-93-59-72(49-55-99(93)106-103(89)95)82-42-20-32-67-26-9-12-35-79(67)82/h2-7,9-23,26-63,92,98H,1,8,24-25H2/b5-2-,22-4-,23-18-,65-30+. The molecule has 21 rings (SSSR count). The molecule has 17 aromatic rings. The minimum Gasteiger partial charge on any atom is -0.309 e. The van der Waals surface area contributed by atoms with Gasteiger partial charge in [0, 0.05) is 58.3 Å². The minimum absolute atomic E-state index is 0.185. The summed E-state index contributed by atoms with van der Waals surface area (Å²) < 4.78 is 5.08. The molecule has 3 heteroatoms. The average molecular weight is 1380 g/mol. The van der Waals surface area contributed by atoms with Gasteiger partial charge >= 0.3 is 0 Å². The number of hydrogen-bond donors (Lipinski definition) is 0. The molecule has 2 atom stereocenters. The number of rotatable bonds is 9. The topological polar surface area (TPSA) is 4.93 Å². The summed E-state index contributed by atoms with van der Waals surface area (Å²) in [6, 6.07) is 108. The number of aryl methyl sites for hydroxylation is 1. The quantitative estimate of drug-likeness (QED) is 0.130. The largest absolute Gasteiger partial charge is 0.309 e. The summed E-state index contributed by atoms with van der Waals surface area (Å²) in [5, 5.41) is 15.2. The molecule has 3 heterocycles. The smallest absolute Gasteiger partial charge is 0.0541 e. The molecule has 2 unspecified atom stereocenters. The van der Waals surface area contributed by atoms with Crippen molar-refractivity contribution in [2.24, 2.45) is 0 Å². The molecule has 0 fully saturated rings. The lowest BCUT2D eigenvalue weighted by molar-refractivity contribution is 0.883. The zero-order valence-corrected chi connectivity index (χ0v) is 59.9. The zero-order valence-electron chi connectivity index (χ0n) is 58.3. The molecular weight excluding hydrogens is 1320 g/mol. The van der Waals surface area contributed by atoms with E-state index in [-0.39, 0.29) is 11.2 Å². The molecule has 3 aliphatic carbocycles. The highest BCUT2D eigenvalue weighted by Crippen LogP contribution is 2.56. The number of aromatic nitrogens is 1. The van der Waals surface area contributed by atoms with Crippen LogP contribution in [0.2, 0.25) is 0 Å². The van der Waals surface area contributed by atoms with Crippen LogP contribution in [0.15, 0.2) is 369 Å². The van der Waals surface area contributed by atoms with Crippen molar-refractivity contribution in [2.75, 3.05) is 0 Å². The molecule has 15 aromatic carbocycles. The van der Waals surface area contributed by atoms with Crippen molar-refractivity contribution in [1.82, 2.24) is 4.57 Å². The van der Waals surface area contributed by atoms with E-state index in [1.54, 1.807) is 0 Å². The summed E-state index contributed by atoms with van der Waals surface area (Å²) in [7, 11) is 0. The van der Waals surface area contributed by atoms with Gasteiger partial charge in [0.15, 0.2) is 0 Å². The van der Waals surface area contributed by atoms with E-state index in [0.717, 1.165) is 41.6 Å². The van der Waals surface area contributed by atoms with E-state index in [2.05, 4.69) is 369 Å². The van der Waals surface area contributed by atoms with Crippen LogP contribution in [0.25, 0.3) is 175 Å². The average Bonchev–Trinajstić information content (AvgIpc) is 1.32. The van der Waals surface area contributed by atoms with Crippen LogP contribution in [0.3, 0.4) is 0 Å². The maximum atomic E-state index is 4.34. The number of thiophene rings is 1. The van der Waals surface area contributed by atoms with Gasteiger partial charge in [0.1, 0.15) is 0 Å². The maximum absolute atomic E-state index is 4.34. The predicted molar refractivity (Wildman–Crippen MR) is 459 cm³/mol. The molecule has 0 bridgehead atoms. The van der Waals surface area contributed by atoms with Crippen LogP contribution < -0.4 is 0 Å². The van der Waals surface area contributed by atoms with Crippen LogP contribution in [-0.2, 0) is 6.42 Å². The van der Waals surface area contributed by atoms with Gasteiger partial charge in [0.25, 0.3) is 0 Å². The van der Waals surface area contributed by atoms with E-state index in [1.165, 1.54) is 185 Å². The van der Waals surface area contributed by atoms with E-state index in [0.29, 0.717) is 0 Å². The first-order valence-corrected chi connectivity index (χ1v) is 38.7. The van der Waals surface area contributed by atoms with Crippen LogP contribution in [0.1, 0.15) is 46.6 Å². The van der Waals surface area contributed by atoms with Crippen molar-refractivity contribution in [3.63, 3.8) is 0 Å². The molecule has 0 radical (unpaired) electrons. The lowest BCUT2D eigenvalue weighted by Gasteiger charge is -2.22. The van der Waals surface area contributed by atoms with E-state index in [1.807, 2.05) is 23.1 Å². The number of fused-ring (bicyclic) bond motifs is 14. The molecule has 4 aliphatic rings. The Balaban J connectivity index is 0.787. The Bertz CT molecular complexity index is 6760. The van der Waals surface area contributed by atoms with Gasteiger partial charge in [-0.2, -0.15) is 0 Å². The second-order valence-corrected chi connectivity index (χ2v) is 31.0. The fourth-order valence-electron chi connectivity index (χ4n) is 17.7. The van der Waals surface area contributed by atoms with Gasteiger partial charge < -0.3 is 4.57 Å². The summed E-state index contributed by atoms with van der Waals surface area (Å²) >= 11 is 3.94. The normalized spacial score (nSPS) is 16.9. The van der Waals surface area contributed by atoms with E-state index in [4.69, 9.17) is 0 Å². The number of benzene rings is 15. The highest BCUT2D eigenvalue weighted by Gasteiger charge is 2.36. The zero-order chi connectivity index (χ0) is 69.9. The lowest BCUT2D eigenvalue weighted by Crippen LogP contribution is -2.10. The summed E-state index contributed by atoms with van der Waals surface area (Å²) in [5.41, 5.74) is 28.5. The fraction of sp³-hybridized carbons (Fsp3) is 0.0485. The maximum Gasteiger partial charge on any atom is 0.0541 e. The highest BCUT2D eigenvalue weighted by molar-refractivity contribution is 8.00. The predicted octanol–water partition coefficient (Wildman–Crippen LogP) is 28.9. The van der Waals surface area contributed by atoms with Crippen molar-refractivity contribution in [2.45, 2.75) is 35.3 Å². The molecule has 0 saturated heterocycles. The summed E-state index contributed by atoms with van der Waals surface area (Å²) in [6.45, 7) is 4.34. The first-order valence-electron chi connectivity index (χ1n) is 37.0. The molecule has 1 nitrogen and oxygen atoms in total. The van der Waals surface area contributed by atoms with E-state index < -0.39 is 0 Å². The van der Waals surface area contributed by atoms with Gasteiger partial charge in [-0.15, -0.1) is 23.1 Å². The SMILES string of the molecule is C=C1/C=C\C=C/C/C(c2cc(-c3ccc4c(c3)c3cc(-c5cc(-c6cccc7ccccc67)cc6c5sc5ccc(-c7cccc8ccccc78)cc56)ccc3n4-c3ccc(-c4c5ccccc5c(-c5ccccc5)c5ccccc45)cc3)c3c(c2)C2C=C(c4cccc5c4C=CCC5)C=CC2S3)=C\C=C/1. The van der Waals surface area contributed by atoms with Crippen molar-refractivity contribution in [1.29, 1.82) is 0 Å². The van der Waals surface area contributed by atoms with Gasteiger partial charge in [-0.1, -0.05) is 292 Å². The molecule has 0 spiro atoms. The number of hydrogen-bond acceptors (Lipinski definition) is 2. The molecular formula is C103H69NS2. The second-order valence-electron chi connectivity index (χ2n) is 28.8. The fourth-order valence-corrected chi connectivity index (χ4v) is 20.4. The third kappa shape index (κ3) is 10.4. The Morgan fingerprint density at radius 2 is 0.953 bits per heavy atom. The van der Waals surface area contributed by atoms with Crippen LogP contribution in [0.5, 0.6) is 0 Å². The Hall–Kier alpha value is -12.4. The molecule has 106 heavy (non-hydrogen) atoms. The summed E-state index contributed by atoms with van der Waals surface area (Å²) in [5.74, 6) is 0.185. The molecule has 498 valence electrons. The minimum atomic E-state index is 0.185. The van der Waals surface area contributed by atoms with Crippen LogP contribution in [-0.4, -0.2) is 9.82 Å². The van der Waals surface area contributed by atoms with Crippen molar-refractivity contribution in [3.8, 4) is 72.4 Å². The van der Waals surface area contributed by atoms with Crippen molar-refractivity contribution in [3.05, 3.63) is 392 Å². The number of allylic oxidation sites excluding steroid dienone is 13. The molecule has 0 amide bonds. The summed E-state index contributed by atoms with van der Waals surface area (Å²) in [4.78, 5) is 1.36. The van der Waals surface area contributed by atoms with Crippen LogP contribution >= 0.6 is 23.1 Å². The first kappa shape index (κ1) is 62.2. The molecule has 0 saturated carbocycles. The van der Waals surface area contributed by atoms with Crippen molar-refractivity contribution >= 4 is 125 Å². The van der Waals surface area contributed by atoms with Crippen LogP contribution in [0, 0.1) is 0 Å². The first-order chi connectivity index (χ1) is 52.5. The van der Waals surface area contributed by atoms with E-state index in [9.17, 15) is 0 Å². The number of thioether (sulfide) groups is 1. The molecule has 0 N–H and O–H groups in total. The van der Waals surface area contributed by atoms with Gasteiger partial charge in [0.2, 0.25) is 0 Å². The lowest BCUT2D eigenvalue weighted by atomic mass is 9.82. The third-order valence-corrected chi connectivity index (χ3v) is 25.4. The Morgan fingerprint density at radius 3 is 1.67 bits per heavy atom. The Kier molecular flexibility index (Phi) is 15.0. The second kappa shape index (κ2) is 25.5. The van der Waals surface area contributed by atoms with Crippen molar-refractivity contribution < 1.29 is 0 Å². The Labute approximate surface area is 625 Å². The third-order valence-electron chi connectivity index (χ3n) is 22.7. The monoisotopic (exact) mass is 1380 g/mol. The molecule has 1 aliphatic heterocycles. The van der Waals surface area contributed by atoms with Gasteiger partial charge in [-0.05, 0) is 241 Å². The van der Waals surface area contributed by atoms with Gasteiger partial charge in [0.05, 0.1) is 11.0 Å². The molecule has 2 aromatic heterocycles. The van der Waals surface area contributed by atoms with Gasteiger partial charge in [-0.25, -0.2) is 0 Å². The van der Waals surface area contributed by atoms with Crippen LogP contribution in [0.4, 0.5) is 0 Å². The Morgan fingerprint density at radius 1 is 0.387 bits per heavy atom. The van der Waals surface area contributed by atoms with E-state index >= 15 is 0 Å². The number of nitrogens with zero attached hydrogens (tertiary/aromatic N) is 1. The summed E-state index contributed by atoms with van der Waals surface area (Å²) in [6.07, 6.45) is 30.4.